The minimum Gasteiger partial charge on any atom is -0.497 e. The van der Waals surface area contributed by atoms with Gasteiger partial charge in [0.15, 0.2) is 9.84 Å². The summed E-state index contributed by atoms with van der Waals surface area (Å²) in [7, 11) is -2.60. The van der Waals surface area contributed by atoms with Gasteiger partial charge < -0.3 is 20.1 Å². The summed E-state index contributed by atoms with van der Waals surface area (Å²) in [4.78, 5) is 36.3. The number of amides is 3. The second kappa shape index (κ2) is 11.8. The summed E-state index contributed by atoms with van der Waals surface area (Å²) < 4.78 is 35.3. The van der Waals surface area contributed by atoms with Gasteiger partial charge in [0, 0.05) is 0 Å². The standard InChI is InChI=1S/C21H25N3O8S/c1-14(22-21(27)32-12-15-6-4-3-5-7-15)19(25)23-18(20(26)24-28)13-33(29,30)17-10-8-16(31-2)9-11-17/h3-11,14,18,28H,12-13H2,1-2H3,(H,22,27)(H,23,25)(H,24,26)/t14-,18?/m1/s1. The van der Waals surface area contributed by atoms with E-state index in [2.05, 4.69) is 10.6 Å². The molecule has 0 spiro atoms. The van der Waals surface area contributed by atoms with Gasteiger partial charge >= 0.3 is 6.09 Å². The molecule has 12 heteroatoms. The lowest BCUT2D eigenvalue weighted by atomic mass is 10.2. The number of methoxy groups -OCH3 is 1. The Labute approximate surface area is 191 Å². The zero-order valence-electron chi connectivity index (χ0n) is 18.0. The minimum atomic E-state index is -4.03. The molecule has 178 valence electrons. The van der Waals surface area contributed by atoms with Crippen LogP contribution in [-0.2, 0) is 30.8 Å². The lowest BCUT2D eigenvalue weighted by Gasteiger charge is -2.20. The van der Waals surface area contributed by atoms with Gasteiger partial charge in [-0.25, -0.2) is 18.7 Å². The lowest BCUT2D eigenvalue weighted by molar-refractivity contribution is -0.134. The number of rotatable bonds is 10. The van der Waals surface area contributed by atoms with Crippen molar-refractivity contribution in [3.8, 4) is 5.75 Å². The van der Waals surface area contributed by atoms with Gasteiger partial charge in [-0.3, -0.25) is 14.8 Å². The van der Waals surface area contributed by atoms with Crippen LogP contribution in [0.5, 0.6) is 5.75 Å². The highest BCUT2D eigenvalue weighted by molar-refractivity contribution is 7.91. The van der Waals surface area contributed by atoms with Crippen molar-refractivity contribution in [1.82, 2.24) is 16.1 Å². The first-order valence-corrected chi connectivity index (χ1v) is 11.4. The van der Waals surface area contributed by atoms with E-state index in [1.807, 2.05) is 6.07 Å². The molecule has 0 bridgehead atoms. The molecule has 1 unspecified atom stereocenters. The highest BCUT2D eigenvalue weighted by atomic mass is 32.2. The Morgan fingerprint density at radius 1 is 0.970 bits per heavy atom. The average molecular weight is 480 g/mol. The molecule has 0 heterocycles. The SMILES string of the molecule is COc1ccc(S(=O)(=O)CC(NC(=O)[C@@H](C)NC(=O)OCc2ccccc2)C(=O)NO)cc1. The molecular formula is C21H25N3O8S. The van der Waals surface area contributed by atoms with E-state index in [0.29, 0.717) is 5.75 Å². The van der Waals surface area contributed by atoms with Crippen molar-refractivity contribution in [3.05, 3.63) is 60.2 Å². The number of benzene rings is 2. The predicted molar refractivity (Wildman–Crippen MR) is 116 cm³/mol. The van der Waals surface area contributed by atoms with E-state index in [9.17, 15) is 22.8 Å². The number of ether oxygens (including phenoxy) is 2. The van der Waals surface area contributed by atoms with Gasteiger partial charge in [-0.15, -0.1) is 0 Å². The molecule has 0 radical (unpaired) electrons. The van der Waals surface area contributed by atoms with Crippen LogP contribution in [0.4, 0.5) is 4.79 Å². The van der Waals surface area contributed by atoms with E-state index in [1.165, 1.54) is 43.8 Å². The van der Waals surface area contributed by atoms with Crippen LogP contribution in [0.25, 0.3) is 0 Å². The van der Waals surface area contributed by atoms with Crippen molar-refractivity contribution < 1.29 is 37.5 Å². The van der Waals surface area contributed by atoms with E-state index in [4.69, 9.17) is 14.7 Å². The van der Waals surface area contributed by atoms with Crippen molar-refractivity contribution in [1.29, 1.82) is 0 Å². The fraction of sp³-hybridized carbons (Fsp3) is 0.286. The molecule has 0 saturated heterocycles. The van der Waals surface area contributed by atoms with Crippen LogP contribution in [0.1, 0.15) is 12.5 Å². The molecule has 3 amide bonds. The van der Waals surface area contributed by atoms with Crippen molar-refractivity contribution in [2.45, 2.75) is 30.5 Å². The summed E-state index contributed by atoms with van der Waals surface area (Å²) in [6.45, 7) is 1.31. The first-order chi connectivity index (χ1) is 15.7. The number of hydrogen-bond donors (Lipinski definition) is 4. The molecule has 4 N–H and O–H groups in total. The highest BCUT2D eigenvalue weighted by Gasteiger charge is 2.30. The lowest BCUT2D eigenvalue weighted by Crippen LogP contribution is -2.54. The van der Waals surface area contributed by atoms with Gasteiger partial charge in [0.1, 0.15) is 24.4 Å². The summed E-state index contributed by atoms with van der Waals surface area (Å²) in [5, 5.41) is 13.5. The summed E-state index contributed by atoms with van der Waals surface area (Å²) in [6.07, 6.45) is -0.879. The fourth-order valence-corrected chi connectivity index (χ4v) is 4.08. The first kappa shape index (κ1) is 25.6. The first-order valence-electron chi connectivity index (χ1n) is 9.74. The Morgan fingerprint density at radius 3 is 2.18 bits per heavy atom. The van der Waals surface area contributed by atoms with Crippen LogP contribution in [-0.4, -0.2) is 56.5 Å². The molecule has 0 aromatic heterocycles. The molecule has 2 atom stereocenters. The third kappa shape index (κ3) is 7.77. The van der Waals surface area contributed by atoms with Gasteiger partial charge in [-0.1, -0.05) is 30.3 Å². The Balaban J connectivity index is 1.99. The zero-order chi connectivity index (χ0) is 24.4. The Kier molecular flexibility index (Phi) is 9.18. The second-order valence-electron chi connectivity index (χ2n) is 6.92. The number of alkyl carbamates (subject to hydrolysis) is 1. The van der Waals surface area contributed by atoms with Gasteiger partial charge in [0.05, 0.1) is 17.8 Å². The van der Waals surface area contributed by atoms with E-state index < -0.39 is 45.6 Å². The molecule has 0 aliphatic carbocycles. The van der Waals surface area contributed by atoms with Crippen molar-refractivity contribution >= 4 is 27.7 Å². The largest absolute Gasteiger partial charge is 0.497 e. The molecule has 11 nitrogen and oxygen atoms in total. The summed E-state index contributed by atoms with van der Waals surface area (Å²) >= 11 is 0. The maximum absolute atomic E-state index is 12.7. The van der Waals surface area contributed by atoms with Gasteiger partial charge in [0.25, 0.3) is 5.91 Å². The molecule has 0 aliphatic heterocycles. The number of sulfone groups is 1. The highest BCUT2D eigenvalue weighted by Crippen LogP contribution is 2.17. The third-order valence-corrected chi connectivity index (χ3v) is 6.25. The van der Waals surface area contributed by atoms with E-state index >= 15 is 0 Å². The van der Waals surface area contributed by atoms with Crippen LogP contribution in [0.15, 0.2) is 59.5 Å². The summed E-state index contributed by atoms with van der Waals surface area (Å²) in [5.74, 6) is -2.39. The van der Waals surface area contributed by atoms with Crippen LogP contribution >= 0.6 is 0 Å². The number of nitrogens with one attached hydrogen (secondary N) is 3. The van der Waals surface area contributed by atoms with Crippen LogP contribution in [0.3, 0.4) is 0 Å². The monoisotopic (exact) mass is 479 g/mol. The molecule has 0 fully saturated rings. The van der Waals surface area contributed by atoms with Gasteiger partial charge in [-0.05, 0) is 36.8 Å². The zero-order valence-corrected chi connectivity index (χ0v) is 18.8. The molecule has 33 heavy (non-hydrogen) atoms. The quantitative estimate of drug-likeness (QED) is 0.287. The maximum Gasteiger partial charge on any atom is 0.408 e. The Bertz CT molecular complexity index is 1060. The number of carbonyl (C=O) groups is 3. The van der Waals surface area contributed by atoms with Crippen molar-refractivity contribution in [3.63, 3.8) is 0 Å². The normalized spacial score (nSPS) is 12.7. The molecular weight excluding hydrogens is 454 g/mol. The van der Waals surface area contributed by atoms with Crippen LogP contribution in [0, 0.1) is 0 Å². The third-order valence-electron chi connectivity index (χ3n) is 4.49. The van der Waals surface area contributed by atoms with Crippen LogP contribution in [0.2, 0.25) is 0 Å². The molecule has 0 aliphatic rings. The number of carbonyl (C=O) groups excluding carboxylic acids is 3. The molecule has 0 saturated carbocycles. The van der Waals surface area contributed by atoms with E-state index in [-0.39, 0.29) is 11.5 Å². The molecule has 2 aromatic carbocycles. The number of hydroxylamine groups is 1. The van der Waals surface area contributed by atoms with E-state index in [1.54, 1.807) is 24.3 Å². The topological polar surface area (TPSA) is 160 Å². The summed E-state index contributed by atoms with van der Waals surface area (Å²) in [6, 6.07) is 11.5. The number of hydrogen-bond acceptors (Lipinski definition) is 8. The van der Waals surface area contributed by atoms with Crippen molar-refractivity contribution in [2.75, 3.05) is 12.9 Å². The minimum absolute atomic E-state index is 0.0172. The maximum atomic E-state index is 12.7. The molecule has 2 rings (SSSR count). The van der Waals surface area contributed by atoms with Gasteiger partial charge in [-0.2, -0.15) is 0 Å². The summed E-state index contributed by atoms with van der Waals surface area (Å²) in [5.41, 5.74) is 2.07. The van der Waals surface area contributed by atoms with E-state index in [0.717, 1.165) is 5.56 Å². The average Bonchev–Trinajstić information content (AvgIpc) is 2.82. The smallest absolute Gasteiger partial charge is 0.408 e. The molecule has 2 aromatic rings. The van der Waals surface area contributed by atoms with Crippen molar-refractivity contribution in [2.24, 2.45) is 0 Å². The second-order valence-corrected chi connectivity index (χ2v) is 8.96. The fourth-order valence-electron chi connectivity index (χ4n) is 2.66. The Hall–Kier alpha value is -3.64. The van der Waals surface area contributed by atoms with Crippen LogP contribution < -0.4 is 20.9 Å². The Morgan fingerprint density at radius 2 is 1.61 bits per heavy atom. The predicted octanol–water partition coefficient (Wildman–Crippen LogP) is 0.774. The van der Waals surface area contributed by atoms with Gasteiger partial charge in [0.2, 0.25) is 5.91 Å².